The van der Waals surface area contributed by atoms with Crippen molar-refractivity contribution < 1.29 is 35.8 Å². The molecule has 0 bridgehead atoms. The molecule has 0 aromatic carbocycles. The first-order valence-corrected chi connectivity index (χ1v) is 7.01. The lowest BCUT2D eigenvalue weighted by molar-refractivity contribution is -0.873. The number of hydrogen-bond acceptors (Lipinski definition) is 2. The highest BCUT2D eigenvalue weighted by atomic mass is 32.2. The molecule has 0 aromatic heterocycles. The lowest BCUT2D eigenvalue weighted by Crippen LogP contribution is -2.43. The lowest BCUT2D eigenvalue weighted by atomic mass is 10.2. The second kappa shape index (κ2) is 6.45. The molecule has 2 unspecified atom stereocenters. The molecule has 0 aromatic rings. The highest BCUT2D eigenvalue weighted by Gasteiger charge is 2.56. The van der Waals surface area contributed by atoms with Gasteiger partial charge in [-0.25, -0.2) is 0 Å². The first kappa shape index (κ1) is 18.7. The van der Waals surface area contributed by atoms with Gasteiger partial charge in [0.2, 0.25) is 0 Å². The molecule has 0 heterocycles. The van der Waals surface area contributed by atoms with E-state index in [0.29, 0.717) is 4.48 Å². The molecule has 0 saturated carbocycles. The lowest BCUT2D eigenvalue weighted by Gasteiger charge is -2.26. The first-order valence-electron chi connectivity index (χ1n) is 5.53. The zero-order valence-corrected chi connectivity index (χ0v) is 11.8. The summed E-state index contributed by atoms with van der Waals surface area (Å²) in [4.78, 5) is 0. The molecule has 0 aliphatic carbocycles. The van der Waals surface area contributed by atoms with Crippen LogP contribution in [0.15, 0.2) is 0 Å². The molecule has 0 aliphatic rings. The third kappa shape index (κ3) is 7.78. The minimum Gasteiger partial charge on any atom is -0.386 e. The molecule has 1 N–H and O–H groups in total. The molecule has 19 heavy (non-hydrogen) atoms. The summed E-state index contributed by atoms with van der Waals surface area (Å²) < 4.78 is 72.5. The number of halogens is 5. The molecule has 9 heteroatoms. The maximum Gasteiger partial charge on any atom is 0.453 e. The van der Waals surface area contributed by atoms with Crippen LogP contribution in [0.2, 0.25) is 0 Å². The zero-order chi connectivity index (χ0) is 15.5. The van der Waals surface area contributed by atoms with Crippen LogP contribution in [-0.4, -0.2) is 71.2 Å². The van der Waals surface area contributed by atoms with E-state index in [2.05, 4.69) is 0 Å². The van der Waals surface area contributed by atoms with Gasteiger partial charge in [-0.3, -0.25) is 4.21 Å². The molecule has 116 valence electrons. The predicted molar refractivity (Wildman–Crippen MR) is 62.4 cm³/mol. The Labute approximate surface area is 111 Å². The predicted octanol–water partition coefficient (Wildman–Crippen LogP) is 1.39. The third-order valence-corrected chi connectivity index (χ3v) is 3.61. The summed E-state index contributed by atoms with van der Waals surface area (Å²) in [5.41, 5.74) is 0. The Morgan fingerprint density at radius 2 is 1.63 bits per heavy atom. The van der Waals surface area contributed by atoms with E-state index in [-0.39, 0.29) is 12.3 Å². The van der Waals surface area contributed by atoms with Crippen LogP contribution in [-0.2, 0) is 10.8 Å². The van der Waals surface area contributed by atoms with Crippen molar-refractivity contribution >= 4 is 10.8 Å². The van der Waals surface area contributed by atoms with Crippen molar-refractivity contribution in [2.45, 2.75) is 24.6 Å². The maximum atomic E-state index is 12.6. The van der Waals surface area contributed by atoms with E-state index < -0.39 is 41.2 Å². The quantitative estimate of drug-likeness (QED) is 0.570. The molecule has 0 rings (SSSR count). The van der Waals surface area contributed by atoms with Crippen molar-refractivity contribution in [3.05, 3.63) is 0 Å². The monoisotopic (exact) mass is 312 g/mol. The highest BCUT2D eigenvalue weighted by molar-refractivity contribution is 7.85. The van der Waals surface area contributed by atoms with Crippen molar-refractivity contribution in [3.8, 4) is 0 Å². The molecular weight excluding hydrogens is 293 g/mol. The molecule has 2 atom stereocenters. The van der Waals surface area contributed by atoms with Gasteiger partial charge in [-0.15, -0.1) is 0 Å². The van der Waals surface area contributed by atoms with Gasteiger partial charge in [0, 0.05) is 23.0 Å². The Kier molecular flexibility index (Phi) is 6.35. The number of nitrogens with zero attached hydrogens (tertiary/aromatic N) is 1. The Hall–Kier alpha value is -0.280. The number of aliphatic hydroxyl groups is 1. The van der Waals surface area contributed by atoms with E-state index in [1.165, 1.54) is 0 Å². The molecular formula is C10H19F5NO2S+. The third-order valence-electron chi connectivity index (χ3n) is 2.20. The fraction of sp³-hybridized carbons (Fsp3) is 1.00. The van der Waals surface area contributed by atoms with Crippen LogP contribution in [0.25, 0.3) is 0 Å². The average molecular weight is 312 g/mol. The van der Waals surface area contributed by atoms with E-state index in [4.69, 9.17) is 0 Å². The molecule has 0 fully saturated rings. The van der Waals surface area contributed by atoms with Gasteiger partial charge in [0.15, 0.2) is 0 Å². The van der Waals surface area contributed by atoms with Crippen molar-refractivity contribution in [1.29, 1.82) is 0 Å². The largest absolute Gasteiger partial charge is 0.453 e. The van der Waals surface area contributed by atoms with Crippen molar-refractivity contribution in [2.24, 2.45) is 0 Å². The van der Waals surface area contributed by atoms with Crippen LogP contribution in [0.1, 0.15) is 6.42 Å². The van der Waals surface area contributed by atoms with E-state index in [1.807, 2.05) is 0 Å². The van der Waals surface area contributed by atoms with Gasteiger partial charge in [0.1, 0.15) is 12.6 Å². The number of rotatable bonds is 7. The standard InChI is InChI=1S/C10H19F5NO2S/c1-16(2,3)6-8(17)7-19(18)5-4-9(11,12)10(13,14)15/h8,17H,4-7H2,1-3H3/q+1. The number of quaternary nitrogens is 1. The SMILES string of the molecule is C[N+](C)(C)CC(O)CS(=O)CCC(F)(F)C(F)(F)F. The summed E-state index contributed by atoms with van der Waals surface area (Å²) in [6.45, 7) is 0.238. The highest BCUT2D eigenvalue weighted by Crippen LogP contribution is 2.38. The minimum absolute atomic E-state index is 0.238. The van der Waals surface area contributed by atoms with Crippen LogP contribution in [0.4, 0.5) is 22.0 Å². The van der Waals surface area contributed by atoms with Crippen LogP contribution in [0, 0.1) is 0 Å². The summed E-state index contributed by atoms with van der Waals surface area (Å²) >= 11 is 0. The maximum absolute atomic E-state index is 12.6. The van der Waals surface area contributed by atoms with Crippen LogP contribution in [0.3, 0.4) is 0 Å². The molecule has 0 radical (unpaired) electrons. The van der Waals surface area contributed by atoms with Gasteiger partial charge in [0.05, 0.1) is 26.9 Å². The van der Waals surface area contributed by atoms with Crippen LogP contribution in [0.5, 0.6) is 0 Å². The van der Waals surface area contributed by atoms with Gasteiger partial charge in [0.25, 0.3) is 0 Å². The second-order valence-corrected chi connectivity index (χ2v) is 7.01. The Morgan fingerprint density at radius 1 is 1.16 bits per heavy atom. The zero-order valence-electron chi connectivity index (χ0n) is 11.0. The minimum atomic E-state index is -5.63. The average Bonchev–Trinajstić information content (AvgIpc) is 2.09. The first-order chi connectivity index (χ1) is 8.24. The second-order valence-electron chi connectivity index (χ2n) is 5.39. The topological polar surface area (TPSA) is 37.3 Å². The van der Waals surface area contributed by atoms with Gasteiger partial charge in [-0.2, -0.15) is 22.0 Å². The fourth-order valence-corrected chi connectivity index (χ4v) is 2.55. The van der Waals surface area contributed by atoms with E-state index >= 15 is 0 Å². The fourth-order valence-electron chi connectivity index (χ4n) is 1.37. The van der Waals surface area contributed by atoms with Crippen LogP contribution >= 0.6 is 0 Å². The number of likely N-dealkylation sites (N-methyl/N-ethyl adjacent to an activating group) is 1. The molecule has 0 aliphatic heterocycles. The van der Waals surface area contributed by atoms with Crippen molar-refractivity contribution in [3.63, 3.8) is 0 Å². The molecule has 0 amide bonds. The molecule has 0 spiro atoms. The van der Waals surface area contributed by atoms with Gasteiger partial charge in [-0.05, 0) is 0 Å². The van der Waals surface area contributed by atoms with Crippen molar-refractivity contribution in [1.82, 2.24) is 0 Å². The Balaban J connectivity index is 4.21. The summed E-state index contributed by atoms with van der Waals surface area (Å²) in [6.07, 6.45) is -8.15. The van der Waals surface area contributed by atoms with Gasteiger partial charge in [-0.1, -0.05) is 0 Å². The number of hydrogen-bond donors (Lipinski definition) is 1. The van der Waals surface area contributed by atoms with E-state index in [9.17, 15) is 31.3 Å². The number of alkyl halides is 5. The smallest absolute Gasteiger partial charge is 0.386 e. The summed E-state index contributed by atoms with van der Waals surface area (Å²) in [5.74, 6) is -5.93. The normalized spacial score (nSPS) is 17.3. The number of aliphatic hydroxyl groups excluding tert-OH is 1. The Morgan fingerprint density at radius 3 is 2.00 bits per heavy atom. The Bertz CT molecular complexity index is 314. The molecule has 0 saturated heterocycles. The van der Waals surface area contributed by atoms with E-state index in [0.717, 1.165) is 0 Å². The van der Waals surface area contributed by atoms with Crippen molar-refractivity contribution in [2.75, 3.05) is 39.2 Å². The summed E-state index contributed by atoms with van der Waals surface area (Å²) in [5, 5.41) is 9.53. The van der Waals surface area contributed by atoms with E-state index in [1.54, 1.807) is 21.1 Å². The van der Waals surface area contributed by atoms with Gasteiger partial charge < -0.3 is 9.59 Å². The summed E-state index contributed by atoms with van der Waals surface area (Å²) in [6, 6.07) is 0. The summed E-state index contributed by atoms with van der Waals surface area (Å²) in [7, 11) is 3.40. The molecule has 3 nitrogen and oxygen atoms in total. The van der Waals surface area contributed by atoms with Crippen LogP contribution < -0.4 is 0 Å². The van der Waals surface area contributed by atoms with Gasteiger partial charge >= 0.3 is 12.1 Å².